The maximum atomic E-state index is 12.7. The van der Waals surface area contributed by atoms with E-state index in [2.05, 4.69) is 15.6 Å². The fourth-order valence-corrected chi connectivity index (χ4v) is 3.37. The molecule has 0 bridgehead atoms. The molecule has 3 amide bonds. The molecule has 1 heterocycles. The van der Waals surface area contributed by atoms with Gasteiger partial charge in [-0.3, -0.25) is 14.4 Å². The standard InChI is InChI=1S/C21H29N5O4S/c1-25(2)10-9-22-18(27)13-17-15-31-21(23-17)24-19(28)14-26(11-12-30-3)20(29)16-7-5-4-6-8-16/h4-8,15H,9-14H2,1-3H3,(H,22,27)(H,23,24,28). The largest absolute Gasteiger partial charge is 0.383 e. The van der Waals surface area contributed by atoms with Gasteiger partial charge in [-0.25, -0.2) is 4.98 Å². The maximum Gasteiger partial charge on any atom is 0.254 e. The average Bonchev–Trinajstić information content (AvgIpc) is 3.17. The number of nitrogens with zero attached hydrogens (tertiary/aromatic N) is 3. The summed E-state index contributed by atoms with van der Waals surface area (Å²) in [6.07, 6.45) is 0.145. The number of likely N-dealkylation sites (N-methyl/N-ethyl adjacent to an activating group) is 1. The molecule has 0 atom stereocenters. The van der Waals surface area contributed by atoms with Crippen LogP contribution >= 0.6 is 11.3 Å². The van der Waals surface area contributed by atoms with Crippen LogP contribution in [0.1, 0.15) is 16.1 Å². The molecule has 1 aromatic carbocycles. The number of anilines is 1. The molecule has 0 radical (unpaired) electrons. The van der Waals surface area contributed by atoms with Crippen molar-refractivity contribution in [2.75, 3.05) is 59.3 Å². The fourth-order valence-electron chi connectivity index (χ4n) is 2.64. The van der Waals surface area contributed by atoms with Crippen LogP contribution in [-0.4, -0.2) is 86.5 Å². The number of amides is 3. The van der Waals surface area contributed by atoms with Crippen LogP contribution in [0.3, 0.4) is 0 Å². The number of carbonyl (C=O) groups excluding carboxylic acids is 3. The monoisotopic (exact) mass is 447 g/mol. The summed E-state index contributed by atoms with van der Waals surface area (Å²) in [7, 11) is 5.41. The summed E-state index contributed by atoms with van der Waals surface area (Å²) in [5.74, 6) is -0.733. The molecule has 0 fully saturated rings. The molecule has 0 unspecified atom stereocenters. The molecule has 9 nitrogen and oxygen atoms in total. The highest BCUT2D eigenvalue weighted by Crippen LogP contribution is 2.16. The SMILES string of the molecule is COCCN(CC(=O)Nc1nc(CC(=O)NCCN(C)C)cs1)C(=O)c1ccccc1. The highest BCUT2D eigenvalue weighted by Gasteiger charge is 2.19. The van der Waals surface area contributed by atoms with Crippen molar-refractivity contribution in [1.82, 2.24) is 20.1 Å². The van der Waals surface area contributed by atoms with E-state index in [1.54, 1.807) is 36.8 Å². The van der Waals surface area contributed by atoms with Gasteiger partial charge >= 0.3 is 0 Å². The summed E-state index contributed by atoms with van der Waals surface area (Å²) in [5, 5.41) is 7.65. The van der Waals surface area contributed by atoms with Gasteiger partial charge in [0.15, 0.2) is 5.13 Å². The van der Waals surface area contributed by atoms with Crippen molar-refractivity contribution in [3.05, 3.63) is 47.0 Å². The number of aromatic nitrogens is 1. The van der Waals surface area contributed by atoms with Crippen LogP contribution in [0.5, 0.6) is 0 Å². The lowest BCUT2D eigenvalue weighted by Crippen LogP contribution is -2.40. The number of hydrogen-bond acceptors (Lipinski definition) is 7. The van der Waals surface area contributed by atoms with Crippen molar-refractivity contribution in [3.63, 3.8) is 0 Å². The molecule has 0 aliphatic carbocycles. The van der Waals surface area contributed by atoms with Crippen molar-refractivity contribution in [1.29, 1.82) is 0 Å². The van der Waals surface area contributed by atoms with E-state index < -0.39 is 0 Å². The van der Waals surface area contributed by atoms with Gasteiger partial charge in [-0.05, 0) is 26.2 Å². The van der Waals surface area contributed by atoms with Crippen molar-refractivity contribution in [2.24, 2.45) is 0 Å². The van der Waals surface area contributed by atoms with Gasteiger partial charge in [0.25, 0.3) is 5.91 Å². The lowest BCUT2D eigenvalue weighted by Gasteiger charge is -2.21. The number of thiazole rings is 1. The van der Waals surface area contributed by atoms with E-state index in [1.807, 2.05) is 25.1 Å². The number of benzene rings is 1. The van der Waals surface area contributed by atoms with Crippen LogP contribution in [0.2, 0.25) is 0 Å². The predicted molar refractivity (Wildman–Crippen MR) is 120 cm³/mol. The summed E-state index contributed by atoms with van der Waals surface area (Å²) < 4.78 is 5.06. The maximum absolute atomic E-state index is 12.7. The molecule has 31 heavy (non-hydrogen) atoms. The predicted octanol–water partition coefficient (Wildman–Crippen LogP) is 1.09. The Balaban J connectivity index is 1.89. The molecule has 2 aromatic rings. The second-order valence-electron chi connectivity index (χ2n) is 7.11. The minimum atomic E-state index is -0.364. The molecule has 0 saturated carbocycles. The second kappa shape index (κ2) is 12.8. The Hall–Kier alpha value is -2.82. The summed E-state index contributed by atoms with van der Waals surface area (Å²) >= 11 is 1.24. The van der Waals surface area contributed by atoms with E-state index in [9.17, 15) is 14.4 Å². The number of methoxy groups -OCH3 is 1. The van der Waals surface area contributed by atoms with Crippen LogP contribution in [0, 0.1) is 0 Å². The lowest BCUT2D eigenvalue weighted by molar-refractivity contribution is -0.120. The fraction of sp³-hybridized carbons (Fsp3) is 0.429. The first-order valence-corrected chi connectivity index (χ1v) is 10.8. The van der Waals surface area contributed by atoms with Gasteiger partial charge in [0.1, 0.15) is 6.54 Å². The first-order chi connectivity index (χ1) is 14.9. The number of hydrogen-bond donors (Lipinski definition) is 2. The Kier molecular flexibility index (Phi) is 10.1. The molecule has 0 aliphatic rings. The Morgan fingerprint density at radius 1 is 1.10 bits per heavy atom. The van der Waals surface area contributed by atoms with Crippen molar-refractivity contribution in [2.45, 2.75) is 6.42 Å². The molecule has 1 aromatic heterocycles. The quantitative estimate of drug-likeness (QED) is 0.505. The van der Waals surface area contributed by atoms with E-state index in [1.165, 1.54) is 16.2 Å². The minimum absolute atomic E-state index is 0.121. The van der Waals surface area contributed by atoms with Gasteiger partial charge in [0.05, 0.1) is 18.7 Å². The molecule has 0 saturated heterocycles. The zero-order valence-corrected chi connectivity index (χ0v) is 18.9. The Morgan fingerprint density at radius 2 is 1.84 bits per heavy atom. The van der Waals surface area contributed by atoms with Crippen LogP contribution in [-0.2, 0) is 20.7 Å². The number of carbonyl (C=O) groups is 3. The first-order valence-electron chi connectivity index (χ1n) is 9.88. The first kappa shape index (κ1) is 24.4. The van der Waals surface area contributed by atoms with E-state index in [4.69, 9.17) is 4.74 Å². The molecule has 0 spiro atoms. The third-order valence-electron chi connectivity index (χ3n) is 4.23. The smallest absolute Gasteiger partial charge is 0.254 e. The number of rotatable bonds is 12. The van der Waals surface area contributed by atoms with Crippen LogP contribution < -0.4 is 10.6 Å². The van der Waals surface area contributed by atoms with Crippen molar-refractivity contribution in [3.8, 4) is 0 Å². The summed E-state index contributed by atoms with van der Waals surface area (Å²) in [5.41, 5.74) is 1.09. The molecule has 2 rings (SSSR count). The van der Waals surface area contributed by atoms with Crippen LogP contribution in [0.25, 0.3) is 0 Å². The molecule has 2 N–H and O–H groups in total. The third kappa shape index (κ3) is 8.83. The van der Waals surface area contributed by atoms with E-state index in [0.29, 0.717) is 29.5 Å². The van der Waals surface area contributed by atoms with E-state index in [-0.39, 0.29) is 37.2 Å². The Bertz CT molecular complexity index is 856. The normalized spacial score (nSPS) is 10.7. The highest BCUT2D eigenvalue weighted by atomic mass is 32.1. The minimum Gasteiger partial charge on any atom is -0.383 e. The zero-order valence-electron chi connectivity index (χ0n) is 18.1. The molecular weight excluding hydrogens is 418 g/mol. The van der Waals surface area contributed by atoms with Gasteiger partial charge in [-0.2, -0.15) is 0 Å². The van der Waals surface area contributed by atoms with Gasteiger partial charge in [-0.15, -0.1) is 11.3 Å². The summed E-state index contributed by atoms with van der Waals surface area (Å²) in [6.45, 7) is 1.79. The van der Waals surface area contributed by atoms with Gasteiger partial charge in [-0.1, -0.05) is 18.2 Å². The highest BCUT2D eigenvalue weighted by molar-refractivity contribution is 7.13. The molecule has 168 valence electrons. The van der Waals surface area contributed by atoms with Gasteiger partial charge < -0.3 is 25.2 Å². The molecule has 10 heteroatoms. The third-order valence-corrected chi connectivity index (χ3v) is 5.04. The van der Waals surface area contributed by atoms with Gasteiger partial charge in [0, 0.05) is 37.7 Å². The van der Waals surface area contributed by atoms with E-state index in [0.717, 1.165) is 6.54 Å². The van der Waals surface area contributed by atoms with Crippen molar-refractivity contribution >= 4 is 34.2 Å². The zero-order chi connectivity index (χ0) is 22.6. The summed E-state index contributed by atoms with van der Waals surface area (Å²) in [6, 6.07) is 8.78. The average molecular weight is 448 g/mol. The topological polar surface area (TPSA) is 104 Å². The second-order valence-corrected chi connectivity index (χ2v) is 7.97. The Labute approximate surface area is 186 Å². The van der Waals surface area contributed by atoms with Crippen LogP contribution in [0.4, 0.5) is 5.13 Å². The van der Waals surface area contributed by atoms with Crippen molar-refractivity contribution < 1.29 is 19.1 Å². The lowest BCUT2D eigenvalue weighted by atomic mass is 10.2. The Morgan fingerprint density at radius 3 is 2.52 bits per heavy atom. The number of nitrogens with one attached hydrogen (secondary N) is 2. The summed E-state index contributed by atoms with van der Waals surface area (Å²) in [4.78, 5) is 44.9. The van der Waals surface area contributed by atoms with Gasteiger partial charge in [0.2, 0.25) is 11.8 Å². The van der Waals surface area contributed by atoms with Crippen LogP contribution in [0.15, 0.2) is 35.7 Å². The molecule has 0 aliphatic heterocycles. The number of ether oxygens (including phenoxy) is 1. The van der Waals surface area contributed by atoms with E-state index >= 15 is 0 Å². The molecular formula is C21H29N5O4S.